The second kappa shape index (κ2) is 6.76. The van der Waals surface area contributed by atoms with Crippen LogP contribution in [0.5, 0.6) is 0 Å². The third-order valence-corrected chi connectivity index (χ3v) is 5.82. The van der Waals surface area contributed by atoms with Gasteiger partial charge in [0, 0.05) is 5.92 Å². The molecule has 0 bridgehead atoms. The molecule has 0 aromatic carbocycles. The molecule has 2 fully saturated rings. The third-order valence-electron chi connectivity index (χ3n) is 5.82. The van der Waals surface area contributed by atoms with Crippen molar-refractivity contribution in [1.29, 1.82) is 0 Å². The fourth-order valence-corrected chi connectivity index (χ4v) is 4.73. The molecular weight excluding hydrogens is 234 g/mol. The zero-order valence-electron chi connectivity index (χ0n) is 12.7. The molecule has 0 aromatic heterocycles. The minimum atomic E-state index is -0.0712. The van der Waals surface area contributed by atoms with Crippen LogP contribution < -0.4 is 5.73 Å². The Morgan fingerprint density at radius 2 is 1.79 bits per heavy atom. The number of amides is 1. The zero-order chi connectivity index (χ0) is 13.8. The molecule has 1 amide bonds. The lowest BCUT2D eigenvalue weighted by molar-refractivity contribution is -0.123. The summed E-state index contributed by atoms with van der Waals surface area (Å²) >= 11 is 0. The van der Waals surface area contributed by atoms with E-state index in [1.54, 1.807) is 0 Å². The van der Waals surface area contributed by atoms with Crippen molar-refractivity contribution in [2.75, 3.05) is 0 Å². The SMILES string of the molecule is CCCC1CCC(C2CCC(C(N)=O)CC2)C(C)C1. The number of nitrogens with two attached hydrogens (primary N) is 1. The van der Waals surface area contributed by atoms with Crippen molar-refractivity contribution in [2.45, 2.75) is 71.6 Å². The first-order chi connectivity index (χ1) is 9.11. The molecule has 2 saturated carbocycles. The topological polar surface area (TPSA) is 43.1 Å². The Balaban J connectivity index is 1.82. The summed E-state index contributed by atoms with van der Waals surface area (Å²) in [5, 5.41) is 0. The summed E-state index contributed by atoms with van der Waals surface area (Å²) in [6, 6.07) is 0. The first-order valence-corrected chi connectivity index (χ1v) is 8.41. The van der Waals surface area contributed by atoms with E-state index >= 15 is 0 Å². The summed E-state index contributed by atoms with van der Waals surface area (Å²) in [6.07, 6.45) is 11.6. The van der Waals surface area contributed by atoms with Crippen LogP contribution in [0.15, 0.2) is 0 Å². The van der Waals surface area contributed by atoms with Crippen LogP contribution in [0.25, 0.3) is 0 Å². The summed E-state index contributed by atoms with van der Waals surface area (Å²) in [6.45, 7) is 4.77. The van der Waals surface area contributed by atoms with E-state index < -0.39 is 0 Å². The molecule has 2 N–H and O–H groups in total. The molecule has 19 heavy (non-hydrogen) atoms. The largest absolute Gasteiger partial charge is 0.369 e. The van der Waals surface area contributed by atoms with E-state index in [1.807, 2.05) is 0 Å². The van der Waals surface area contributed by atoms with E-state index in [4.69, 9.17) is 5.73 Å². The van der Waals surface area contributed by atoms with Crippen LogP contribution in [-0.4, -0.2) is 5.91 Å². The number of carbonyl (C=O) groups is 1. The van der Waals surface area contributed by atoms with Crippen LogP contribution in [0.4, 0.5) is 0 Å². The van der Waals surface area contributed by atoms with Gasteiger partial charge in [0.1, 0.15) is 0 Å². The predicted molar refractivity (Wildman–Crippen MR) is 79.5 cm³/mol. The molecule has 2 aliphatic carbocycles. The average Bonchev–Trinajstić information content (AvgIpc) is 2.39. The first-order valence-electron chi connectivity index (χ1n) is 8.41. The molecule has 2 aliphatic rings. The Labute approximate surface area is 118 Å². The molecule has 0 heterocycles. The molecule has 0 radical (unpaired) electrons. The molecule has 0 aliphatic heterocycles. The normalized spacial score (nSPS) is 40.0. The summed E-state index contributed by atoms with van der Waals surface area (Å²) in [5.74, 6) is 3.76. The molecule has 2 heteroatoms. The molecule has 0 saturated heterocycles. The molecule has 2 rings (SSSR count). The minimum Gasteiger partial charge on any atom is -0.369 e. The van der Waals surface area contributed by atoms with Crippen molar-refractivity contribution in [3.63, 3.8) is 0 Å². The van der Waals surface area contributed by atoms with Gasteiger partial charge in [0.25, 0.3) is 0 Å². The van der Waals surface area contributed by atoms with Crippen molar-refractivity contribution in [1.82, 2.24) is 0 Å². The molecule has 2 nitrogen and oxygen atoms in total. The van der Waals surface area contributed by atoms with Crippen LogP contribution >= 0.6 is 0 Å². The number of rotatable bonds is 4. The number of hydrogen-bond acceptors (Lipinski definition) is 1. The van der Waals surface area contributed by atoms with E-state index in [9.17, 15) is 4.79 Å². The fraction of sp³-hybridized carbons (Fsp3) is 0.941. The van der Waals surface area contributed by atoms with Crippen LogP contribution in [0.3, 0.4) is 0 Å². The van der Waals surface area contributed by atoms with Gasteiger partial charge in [-0.25, -0.2) is 0 Å². The van der Waals surface area contributed by atoms with Crippen molar-refractivity contribution >= 4 is 5.91 Å². The van der Waals surface area contributed by atoms with Crippen LogP contribution in [0.2, 0.25) is 0 Å². The average molecular weight is 265 g/mol. The third kappa shape index (κ3) is 3.73. The van der Waals surface area contributed by atoms with Crippen LogP contribution in [0, 0.1) is 29.6 Å². The number of carbonyl (C=O) groups excluding carboxylic acids is 1. The Kier molecular flexibility index (Phi) is 5.29. The molecule has 3 unspecified atom stereocenters. The standard InChI is InChI=1S/C17H31NO/c1-3-4-13-5-10-16(12(2)11-13)14-6-8-15(9-7-14)17(18)19/h12-16H,3-11H2,1-2H3,(H2,18,19). The molecule has 0 spiro atoms. The van der Waals surface area contributed by atoms with E-state index in [-0.39, 0.29) is 11.8 Å². The Hall–Kier alpha value is -0.530. The van der Waals surface area contributed by atoms with Gasteiger partial charge in [0.15, 0.2) is 0 Å². The van der Waals surface area contributed by atoms with Crippen molar-refractivity contribution in [3.05, 3.63) is 0 Å². The highest BCUT2D eigenvalue weighted by Crippen LogP contribution is 2.44. The number of primary amides is 1. The van der Waals surface area contributed by atoms with Gasteiger partial charge < -0.3 is 5.73 Å². The van der Waals surface area contributed by atoms with Gasteiger partial charge in [0.05, 0.1) is 0 Å². The Morgan fingerprint density at radius 3 is 2.32 bits per heavy atom. The highest BCUT2D eigenvalue weighted by atomic mass is 16.1. The molecular formula is C17H31NO. The van der Waals surface area contributed by atoms with Crippen LogP contribution in [0.1, 0.15) is 71.6 Å². The smallest absolute Gasteiger partial charge is 0.220 e. The molecule has 110 valence electrons. The quantitative estimate of drug-likeness (QED) is 0.816. The zero-order valence-corrected chi connectivity index (χ0v) is 12.7. The summed E-state index contributed by atoms with van der Waals surface area (Å²) in [4.78, 5) is 11.2. The van der Waals surface area contributed by atoms with Gasteiger partial charge in [-0.3, -0.25) is 4.79 Å². The second-order valence-electron chi connectivity index (χ2n) is 7.12. The lowest BCUT2D eigenvalue weighted by Gasteiger charge is -2.41. The van der Waals surface area contributed by atoms with E-state index in [0.717, 1.165) is 36.5 Å². The lowest BCUT2D eigenvalue weighted by atomic mass is 9.64. The maximum atomic E-state index is 11.2. The van der Waals surface area contributed by atoms with Crippen molar-refractivity contribution in [2.24, 2.45) is 35.3 Å². The first kappa shape index (κ1) is 14.9. The molecule has 3 atom stereocenters. The summed E-state index contributed by atoms with van der Waals surface area (Å²) in [5.41, 5.74) is 5.43. The summed E-state index contributed by atoms with van der Waals surface area (Å²) in [7, 11) is 0. The van der Waals surface area contributed by atoms with Crippen LogP contribution in [-0.2, 0) is 4.79 Å². The lowest BCUT2D eigenvalue weighted by Crippen LogP contribution is -2.34. The summed E-state index contributed by atoms with van der Waals surface area (Å²) < 4.78 is 0. The highest BCUT2D eigenvalue weighted by Gasteiger charge is 2.35. The van der Waals surface area contributed by atoms with E-state index in [0.29, 0.717) is 0 Å². The maximum absolute atomic E-state index is 11.2. The van der Waals surface area contributed by atoms with Gasteiger partial charge in [-0.05, 0) is 62.2 Å². The van der Waals surface area contributed by atoms with Gasteiger partial charge in [-0.1, -0.05) is 33.1 Å². The van der Waals surface area contributed by atoms with Gasteiger partial charge >= 0.3 is 0 Å². The van der Waals surface area contributed by atoms with E-state index in [1.165, 1.54) is 44.9 Å². The Morgan fingerprint density at radius 1 is 1.11 bits per heavy atom. The Bertz CT molecular complexity index is 294. The van der Waals surface area contributed by atoms with E-state index in [2.05, 4.69) is 13.8 Å². The number of hydrogen-bond donors (Lipinski definition) is 1. The molecule has 0 aromatic rings. The van der Waals surface area contributed by atoms with Gasteiger partial charge in [-0.15, -0.1) is 0 Å². The second-order valence-corrected chi connectivity index (χ2v) is 7.12. The van der Waals surface area contributed by atoms with Crippen molar-refractivity contribution in [3.8, 4) is 0 Å². The fourth-order valence-electron chi connectivity index (χ4n) is 4.73. The monoisotopic (exact) mass is 265 g/mol. The minimum absolute atomic E-state index is 0.0712. The van der Waals surface area contributed by atoms with Gasteiger partial charge in [-0.2, -0.15) is 0 Å². The van der Waals surface area contributed by atoms with Crippen molar-refractivity contribution < 1.29 is 4.79 Å². The predicted octanol–water partition coefficient (Wildman–Crippen LogP) is 4.13. The van der Waals surface area contributed by atoms with Gasteiger partial charge in [0.2, 0.25) is 5.91 Å². The maximum Gasteiger partial charge on any atom is 0.220 e. The highest BCUT2D eigenvalue weighted by molar-refractivity contribution is 5.76.